The molecule has 0 unspecified atom stereocenters. The van der Waals surface area contributed by atoms with Crippen molar-refractivity contribution in [2.24, 2.45) is 0 Å². The highest BCUT2D eigenvalue weighted by atomic mass is 32.2. The molecule has 2 rings (SSSR count). The van der Waals surface area contributed by atoms with E-state index in [4.69, 9.17) is 0 Å². The molecule has 1 aliphatic rings. The van der Waals surface area contributed by atoms with E-state index in [9.17, 15) is 9.59 Å². The minimum Gasteiger partial charge on any atom is -0.351 e. The van der Waals surface area contributed by atoms with Gasteiger partial charge in [0.25, 0.3) is 0 Å². The molecule has 0 radical (unpaired) electrons. The summed E-state index contributed by atoms with van der Waals surface area (Å²) >= 11 is 1.54. The molecule has 118 valence electrons. The second kappa shape index (κ2) is 8.63. The van der Waals surface area contributed by atoms with E-state index in [1.54, 1.807) is 6.08 Å². The van der Waals surface area contributed by atoms with Gasteiger partial charge in [-0.05, 0) is 30.5 Å². The van der Waals surface area contributed by atoms with Gasteiger partial charge >= 0.3 is 0 Å². The Bertz CT molecular complexity index is 545. The average Bonchev–Trinajstić information content (AvgIpc) is 2.54. The van der Waals surface area contributed by atoms with Crippen molar-refractivity contribution in [3.8, 4) is 0 Å². The Balaban J connectivity index is 1.89. The zero-order valence-corrected chi connectivity index (χ0v) is 13.5. The number of nitrogens with one attached hydrogen (secondary N) is 1. The van der Waals surface area contributed by atoms with Gasteiger partial charge in [0, 0.05) is 31.0 Å². The second-order valence-electron chi connectivity index (χ2n) is 5.25. The largest absolute Gasteiger partial charge is 0.351 e. The molecule has 0 aromatic heterocycles. The maximum absolute atomic E-state index is 12.0. The minimum atomic E-state index is 0.0197. The molecule has 4 nitrogen and oxygen atoms in total. The van der Waals surface area contributed by atoms with E-state index in [-0.39, 0.29) is 11.8 Å². The summed E-state index contributed by atoms with van der Waals surface area (Å²) in [6.45, 7) is 4.90. The van der Waals surface area contributed by atoms with Crippen molar-refractivity contribution in [3.05, 3.63) is 42.5 Å². The van der Waals surface area contributed by atoms with Crippen molar-refractivity contribution in [2.45, 2.75) is 25.8 Å². The van der Waals surface area contributed by atoms with Gasteiger partial charge in [-0.1, -0.05) is 18.2 Å². The van der Waals surface area contributed by atoms with Gasteiger partial charge in [-0.15, -0.1) is 18.3 Å². The van der Waals surface area contributed by atoms with Gasteiger partial charge in [0.15, 0.2) is 0 Å². The van der Waals surface area contributed by atoms with Gasteiger partial charge in [0.1, 0.15) is 0 Å². The SMILES string of the molecule is C=CCSCC(=O)NCc1cccc(N2CCCCC2=O)c1. The van der Waals surface area contributed by atoms with Crippen LogP contribution in [0, 0.1) is 0 Å². The fourth-order valence-electron chi connectivity index (χ4n) is 2.40. The summed E-state index contributed by atoms with van der Waals surface area (Å²) in [5.41, 5.74) is 1.94. The monoisotopic (exact) mass is 318 g/mol. The van der Waals surface area contributed by atoms with Gasteiger partial charge in [-0.25, -0.2) is 0 Å². The van der Waals surface area contributed by atoms with E-state index in [1.165, 1.54) is 11.8 Å². The molecule has 0 atom stereocenters. The topological polar surface area (TPSA) is 49.4 Å². The van der Waals surface area contributed by atoms with Crippen molar-refractivity contribution in [3.63, 3.8) is 0 Å². The summed E-state index contributed by atoms with van der Waals surface area (Å²) in [7, 11) is 0. The van der Waals surface area contributed by atoms with Crippen LogP contribution in [0.4, 0.5) is 5.69 Å². The van der Waals surface area contributed by atoms with Gasteiger partial charge in [-0.3, -0.25) is 9.59 Å². The fourth-order valence-corrected chi connectivity index (χ4v) is 2.97. The van der Waals surface area contributed by atoms with Crippen LogP contribution in [0.3, 0.4) is 0 Å². The van der Waals surface area contributed by atoms with Crippen LogP contribution in [0.5, 0.6) is 0 Å². The highest BCUT2D eigenvalue weighted by molar-refractivity contribution is 8.00. The first-order chi connectivity index (χ1) is 10.7. The first-order valence-electron chi connectivity index (χ1n) is 7.55. The second-order valence-corrected chi connectivity index (χ2v) is 6.28. The lowest BCUT2D eigenvalue weighted by atomic mass is 10.1. The number of rotatable bonds is 7. The molecule has 1 aliphatic heterocycles. The number of carbonyl (C=O) groups excluding carboxylic acids is 2. The Morgan fingerprint density at radius 1 is 1.41 bits per heavy atom. The predicted octanol–water partition coefficient (Wildman–Crippen LogP) is 2.74. The highest BCUT2D eigenvalue weighted by Gasteiger charge is 2.19. The number of thioether (sulfide) groups is 1. The number of nitrogens with zero attached hydrogens (tertiary/aromatic N) is 1. The lowest BCUT2D eigenvalue weighted by molar-refractivity contribution is -0.120. The van der Waals surface area contributed by atoms with Crippen LogP contribution in [0.25, 0.3) is 0 Å². The quantitative estimate of drug-likeness (QED) is 0.621. The maximum atomic E-state index is 12.0. The molecule has 0 saturated carbocycles. The van der Waals surface area contributed by atoms with Gasteiger partial charge in [-0.2, -0.15) is 0 Å². The van der Waals surface area contributed by atoms with E-state index >= 15 is 0 Å². The predicted molar refractivity (Wildman–Crippen MR) is 92.0 cm³/mol. The summed E-state index contributed by atoms with van der Waals surface area (Å²) in [6, 6.07) is 7.84. The minimum absolute atomic E-state index is 0.0197. The van der Waals surface area contributed by atoms with Crippen LogP contribution in [0.2, 0.25) is 0 Å². The van der Waals surface area contributed by atoms with Gasteiger partial charge < -0.3 is 10.2 Å². The number of hydrogen-bond donors (Lipinski definition) is 1. The highest BCUT2D eigenvalue weighted by Crippen LogP contribution is 2.21. The molecule has 1 aromatic carbocycles. The van der Waals surface area contributed by atoms with Crippen LogP contribution in [0.15, 0.2) is 36.9 Å². The normalized spacial score (nSPS) is 14.7. The molecule has 1 saturated heterocycles. The molecule has 1 fully saturated rings. The molecule has 1 N–H and O–H groups in total. The van der Waals surface area contributed by atoms with E-state index in [2.05, 4.69) is 11.9 Å². The van der Waals surface area contributed by atoms with Crippen LogP contribution in [-0.4, -0.2) is 29.9 Å². The third-order valence-electron chi connectivity index (χ3n) is 3.50. The summed E-state index contributed by atoms with van der Waals surface area (Å²) in [5, 5.41) is 2.90. The van der Waals surface area contributed by atoms with Crippen molar-refractivity contribution < 1.29 is 9.59 Å². The number of anilines is 1. The Morgan fingerprint density at radius 3 is 3.05 bits per heavy atom. The maximum Gasteiger partial charge on any atom is 0.230 e. The number of piperidine rings is 1. The number of amides is 2. The van der Waals surface area contributed by atoms with Crippen molar-refractivity contribution in [2.75, 3.05) is 23.0 Å². The molecular weight excluding hydrogens is 296 g/mol. The summed E-state index contributed by atoms with van der Waals surface area (Å²) in [4.78, 5) is 25.5. The first-order valence-corrected chi connectivity index (χ1v) is 8.71. The van der Waals surface area contributed by atoms with Crippen molar-refractivity contribution >= 4 is 29.3 Å². The van der Waals surface area contributed by atoms with Crippen LogP contribution >= 0.6 is 11.8 Å². The third kappa shape index (κ3) is 4.91. The summed E-state index contributed by atoms with van der Waals surface area (Å²) in [6.07, 6.45) is 4.44. The van der Waals surface area contributed by atoms with Crippen LogP contribution in [0.1, 0.15) is 24.8 Å². The van der Waals surface area contributed by atoms with E-state index < -0.39 is 0 Å². The van der Waals surface area contributed by atoms with Crippen molar-refractivity contribution in [1.29, 1.82) is 0 Å². The standard InChI is InChI=1S/C17H22N2O2S/c1-2-10-22-13-16(20)18-12-14-6-5-7-15(11-14)19-9-4-3-8-17(19)21/h2,5-7,11H,1,3-4,8-10,12-13H2,(H,18,20). The Labute approximate surface area is 136 Å². The lowest BCUT2D eigenvalue weighted by Gasteiger charge is -2.27. The Kier molecular flexibility index (Phi) is 6.52. The summed E-state index contributed by atoms with van der Waals surface area (Å²) in [5.74, 6) is 1.43. The fraction of sp³-hybridized carbons (Fsp3) is 0.412. The Morgan fingerprint density at radius 2 is 2.27 bits per heavy atom. The average molecular weight is 318 g/mol. The molecule has 1 aromatic rings. The summed E-state index contributed by atoms with van der Waals surface area (Å²) < 4.78 is 0. The van der Waals surface area contributed by atoms with E-state index in [1.807, 2.05) is 29.2 Å². The number of hydrogen-bond acceptors (Lipinski definition) is 3. The smallest absolute Gasteiger partial charge is 0.230 e. The van der Waals surface area contributed by atoms with Gasteiger partial charge in [0.2, 0.25) is 11.8 Å². The molecule has 0 aliphatic carbocycles. The molecular formula is C17H22N2O2S. The van der Waals surface area contributed by atoms with Crippen LogP contribution < -0.4 is 10.2 Å². The zero-order valence-electron chi connectivity index (χ0n) is 12.7. The lowest BCUT2D eigenvalue weighted by Crippen LogP contribution is -2.35. The van der Waals surface area contributed by atoms with E-state index in [0.29, 0.717) is 18.7 Å². The first kappa shape index (κ1) is 16.6. The Hall–Kier alpha value is -1.75. The van der Waals surface area contributed by atoms with Crippen molar-refractivity contribution in [1.82, 2.24) is 5.32 Å². The molecule has 5 heteroatoms. The van der Waals surface area contributed by atoms with Gasteiger partial charge in [0.05, 0.1) is 5.75 Å². The molecule has 2 amide bonds. The number of carbonyl (C=O) groups is 2. The van der Waals surface area contributed by atoms with E-state index in [0.717, 1.165) is 36.4 Å². The molecule has 1 heterocycles. The number of benzene rings is 1. The third-order valence-corrected chi connectivity index (χ3v) is 4.44. The van der Waals surface area contributed by atoms with Crippen LogP contribution in [-0.2, 0) is 16.1 Å². The zero-order chi connectivity index (χ0) is 15.8. The molecule has 22 heavy (non-hydrogen) atoms. The molecule has 0 spiro atoms. The molecule has 0 bridgehead atoms.